The van der Waals surface area contributed by atoms with Crippen molar-refractivity contribution in [2.75, 3.05) is 0 Å². The van der Waals surface area contributed by atoms with Crippen LogP contribution in [0.25, 0.3) is 5.65 Å². The van der Waals surface area contributed by atoms with Crippen LogP contribution < -0.4 is 0 Å². The smallest absolute Gasteiger partial charge is 0.174 e. The summed E-state index contributed by atoms with van der Waals surface area (Å²) in [5.74, 6) is 0. The van der Waals surface area contributed by atoms with E-state index < -0.39 is 0 Å². The Kier molecular flexibility index (Phi) is 1.33. The summed E-state index contributed by atoms with van der Waals surface area (Å²) in [5, 5.41) is 7.69. The van der Waals surface area contributed by atoms with Gasteiger partial charge in [-0.3, -0.25) is 4.40 Å². The SMILES string of the molecule is Ic1cccn2cnnc12. The fraction of sp³-hybridized carbons (Fsp3) is 0. The molecule has 0 N–H and O–H groups in total. The van der Waals surface area contributed by atoms with Crippen LogP contribution in [-0.2, 0) is 0 Å². The molecule has 0 spiro atoms. The third kappa shape index (κ3) is 0.792. The van der Waals surface area contributed by atoms with Crippen LogP contribution in [0.5, 0.6) is 0 Å². The van der Waals surface area contributed by atoms with Crippen molar-refractivity contribution in [2.24, 2.45) is 0 Å². The van der Waals surface area contributed by atoms with Gasteiger partial charge in [-0.15, -0.1) is 10.2 Å². The largest absolute Gasteiger partial charge is 0.288 e. The van der Waals surface area contributed by atoms with Crippen LogP contribution in [0.1, 0.15) is 0 Å². The first-order valence-electron chi connectivity index (χ1n) is 2.82. The molecule has 2 aromatic rings. The second kappa shape index (κ2) is 2.19. The van der Waals surface area contributed by atoms with E-state index in [4.69, 9.17) is 0 Å². The first-order valence-corrected chi connectivity index (χ1v) is 3.89. The normalized spacial score (nSPS) is 10.5. The molecule has 0 radical (unpaired) electrons. The molecule has 0 aliphatic rings. The van der Waals surface area contributed by atoms with Crippen molar-refractivity contribution >= 4 is 28.2 Å². The molecular weight excluding hydrogens is 241 g/mol. The Morgan fingerprint density at radius 1 is 1.50 bits per heavy atom. The molecule has 0 fully saturated rings. The Morgan fingerprint density at radius 2 is 2.40 bits per heavy atom. The van der Waals surface area contributed by atoms with Crippen LogP contribution in [0.15, 0.2) is 24.7 Å². The number of pyridine rings is 1. The number of hydrogen-bond donors (Lipinski definition) is 0. The van der Waals surface area contributed by atoms with Gasteiger partial charge in [0.2, 0.25) is 0 Å². The minimum Gasteiger partial charge on any atom is -0.288 e. The molecule has 3 nitrogen and oxygen atoms in total. The average Bonchev–Trinajstić information content (AvgIpc) is 2.36. The van der Waals surface area contributed by atoms with Gasteiger partial charge in [-0.2, -0.15) is 0 Å². The van der Waals surface area contributed by atoms with Gasteiger partial charge in [-0.25, -0.2) is 0 Å². The molecule has 0 saturated heterocycles. The van der Waals surface area contributed by atoms with E-state index in [1.54, 1.807) is 6.33 Å². The number of fused-ring (bicyclic) bond motifs is 1. The second-order valence-corrected chi connectivity index (χ2v) is 3.08. The molecule has 2 aromatic heterocycles. The molecule has 50 valence electrons. The van der Waals surface area contributed by atoms with E-state index >= 15 is 0 Å². The zero-order valence-electron chi connectivity index (χ0n) is 5.03. The monoisotopic (exact) mass is 245 g/mol. The minimum absolute atomic E-state index is 0.920. The molecule has 0 aliphatic carbocycles. The van der Waals surface area contributed by atoms with Gasteiger partial charge in [0, 0.05) is 6.20 Å². The highest BCUT2D eigenvalue weighted by Gasteiger charge is 1.96. The summed E-state index contributed by atoms with van der Waals surface area (Å²) in [7, 11) is 0. The van der Waals surface area contributed by atoms with E-state index in [0.717, 1.165) is 9.22 Å². The number of rotatable bonds is 0. The van der Waals surface area contributed by atoms with E-state index in [9.17, 15) is 0 Å². The number of aromatic nitrogens is 3. The highest BCUT2D eigenvalue weighted by atomic mass is 127. The molecule has 2 heterocycles. The summed E-state index contributed by atoms with van der Waals surface area (Å²) in [5.41, 5.74) is 0.920. The fourth-order valence-corrected chi connectivity index (χ4v) is 1.41. The van der Waals surface area contributed by atoms with E-state index in [0.29, 0.717) is 0 Å². The van der Waals surface area contributed by atoms with Crippen molar-refractivity contribution in [3.8, 4) is 0 Å². The Labute approximate surface area is 71.2 Å². The summed E-state index contributed by atoms with van der Waals surface area (Å²) in [6.45, 7) is 0. The van der Waals surface area contributed by atoms with Crippen molar-refractivity contribution in [2.45, 2.75) is 0 Å². The van der Waals surface area contributed by atoms with Crippen LogP contribution in [0.4, 0.5) is 0 Å². The maximum atomic E-state index is 3.92. The first kappa shape index (κ1) is 6.09. The molecule has 4 heteroatoms. The van der Waals surface area contributed by atoms with Crippen molar-refractivity contribution in [1.82, 2.24) is 14.6 Å². The lowest BCUT2D eigenvalue weighted by Gasteiger charge is -1.90. The molecule has 0 amide bonds. The summed E-state index contributed by atoms with van der Waals surface area (Å²) in [6.07, 6.45) is 3.62. The fourth-order valence-electron chi connectivity index (χ4n) is 0.817. The van der Waals surface area contributed by atoms with Crippen LogP contribution in [-0.4, -0.2) is 14.6 Å². The van der Waals surface area contributed by atoms with Crippen LogP contribution in [0, 0.1) is 3.57 Å². The zero-order valence-corrected chi connectivity index (χ0v) is 7.19. The molecule has 0 aliphatic heterocycles. The van der Waals surface area contributed by atoms with Gasteiger partial charge in [0.25, 0.3) is 0 Å². The summed E-state index contributed by atoms with van der Waals surface area (Å²) < 4.78 is 3.01. The van der Waals surface area contributed by atoms with Crippen LogP contribution in [0.3, 0.4) is 0 Å². The quantitative estimate of drug-likeness (QED) is 0.655. The lowest BCUT2D eigenvalue weighted by Crippen LogP contribution is -1.83. The molecule has 2 rings (SSSR count). The highest BCUT2D eigenvalue weighted by molar-refractivity contribution is 14.1. The van der Waals surface area contributed by atoms with E-state index in [1.165, 1.54) is 0 Å². The van der Waals surface area contributed by atoms with Crippen LogP contribution >= 0.6 is 22.6 Å². The Balaban J connectivity index is 2.95. The van der Waals surface area contributed by atoms with Crippen molar-refractivity contribution in [1.29, 1.82) is 0 Å². The van der Waals surface area contributed by atoms with Crippen molar-refractivity contribution in [3.63, 3.8) is 0 Å². The Morgan fingerprint density at radius 3 is 3.20 bits per heavy atom. The average molecular weight is 245 g/mol. The van der Waals surface area contributed by atoms with E-state index in [1.807, 2.05) is 22.7 Å². The lowest BCUT2D eigenvalue weighted by molar-refractivity contribution is 1.10. The molecule has 0 aromatic carbocycles. The molecule has 0 unspecified atom stereocenters. The maximum Gasteiger partial charge on any atom is 0.174 e. The van der Waals surface area contributed by atoms with E-state index in [2.05, 4.69) is 32.8 Å². The van der Waals surface area contributed by atoms with Crippen molar-refractivity contribution in [3.05, 3.63) is 28.2 Å². The third-order valence-electron chi connectivity index (χ3n) is 1.28. The number of nitrogens with zero attached hydrogens (tertiary/aromatic N) is 3. The van der Waals surface area contributed by atoms with Crippen LogP contribution in [0.2, 0.25) is 0 Å². The zero-order chi connectivity index (χ0) is 6.97. The first-order chi connectivity index (χ1) is 4.88. The van der Waals surface area contributed by atoms with Gasteiger partial charge in [0.05, 0.1) is 3.57 Å². The third-order valence-corrected chi connectivity index (χ3v) is 2.12. The molecule has 0 saturated carbocycles. The summed E-state index contributed by atoms with van der Waals surface area (Å²) >= 11 is 2.23. The minimum atomic E-state index is 0.920. The predicted molar refractivity (Wildman–Crippen MR) is 45.7 cm³/mol. The van der Waals surface area contributed by atoms with Gasteiger partial charge < -0.3 is 0 Å². The van der Waals surface area contributed by atoms with Gasteiger partial charge in [-0.1, -0.05) is 0 Å². The highest BCUT2D eigenvalue weighted by Crippen LogP contribution is 2.08. The molecule has 0 bridgehead atoms. The van der Waals surface area contributed by atoms with Gasteiger partial charge in [-0.05, 0) is 34.7 Å². The number of halogens is 1. The molecular formula is C6H4IN3. The van der Waals surface area contributed by atoms with E-state index in [-0.39, 0.29) is 0 Å². The maximum absolute atomic E-state index is 3.92. The molecule has 10 heavy (non-hydrogen) atoms. The van der Waals surface area contributed by atoms with Gasteiger partial charge >= 0.3 is 0 Å². The number of hydrogen-bond acceptors (Lipinski definition) is 2. The summed E-state index contributed by atoms with van der Waals surface area (Å²) in [4.78, 5) is 0. The Hall–Kier alpha value is -0.650. The standard InChI is InChI=1S/C6H4IN3/c7-5-2-1-3-10-4-8-9-6(5)10/h1-4H. The van der Waals surface area contributed by atoms with Gasteiger partial charge in [0.1, 0.15) is 6.33 Å². The predicted octanol–water partition coefficient (Wildman–Crippen LogP) is 1.33. The van der Waals surface area contributed by atoms with Crippen molar-refractivity contribution < 1.29 is 0 Å². The van der Waals surface area contributed by atoms with Gasteiger partial charge in [0.15, 0.2) is 5.65 Å². The second-order valence-electron chi connectivity index (χ2n) is 1.92. The lowest BCUT2D eigenvalue weighted by atomic mass is 10.5. The molecule has 0 atom stereocenters. The summed E-state index contributed by atoms with van der Waals surface area (Å²) in [6, 6.07) is 3.97. The topological polar surface area (TPSA) is 30.2 Å². The Bertz CT molecular complexity index is 355.